The predicted molar refractivity (Wildman–Crippen MR) is 56.4 cm³/mol. The summed E-state index contributed by atoms with van der Waals surface area (Å²) in [5.41, 5.74) is 3.26. The predicted octanol–water partition coefficient (Wildman–Crippen LogP) is 0.706. The number of rotatable bonds is 3. The van der Waals surface area contributed by atoms with Crippen LogP contribution in [0.4, 0.5) is 0 Å². The van der Waals surface area contributed by atoms with E-state index in [-0.39, 0.29) is 5.91 Å². The monoisotopic (exact) mass is 218 g/mol. The van der Waals surface area contributed by atoms with E-state index >= 15 is 0 Å². The first kappa shape index (κ1) is 10.4. The minimum Gasteiger partial charge on any atom is -0.274 e. The fraction of sp³-hybridized carbons (Fsp3) is 0.200. The summed E-state index contributed by atoms with van der Waals surface area (Å²) in [6.07, 6.45) is 4.46. The highest BCUT2D eigenvalue weighted by Crippen LogP contribution is 2.08. The van der Waals surface area contributed by atoms with Crippen molar-refractivity contribution in [1.29, 1.82) is 0 Å². The van der Waals surface area contributed by atoms with E-state index in [1.807, 2.05) is 0 Å². The Bertz CT molecular complexity index is 515. The van der Waals surface area contributed by atoms with E-state index in [1.165, 1.54) is 12.5 Å². The third-order valence-electron chi connectivity index (χ3n) is 1.93. The smallest absolute Gasteiger partial charge is 0.274 e. The molecule has 1 N–H and O–H groups in total. The van der Waals surface area contributed by atoms with Crippen molar-refractivity contribution in [2.45, 2.75) is 6.92 Å². The molecule has 0 atom stereocenters. The molecule has 6 nitrogen and oxygen atoms in total. The van der Waals surface area contributed by atoms with E-state index in [2.05, 4.69) is 20.4 Å². The van der Waals surface area contributed by atoms with Gasteiger partial charge < -0.3 is 0 Å². The molecule has 2 aromatic rings. The molecular formula is C10H10N4O2. The Labute approximate surface area is 91.6 Å². The topological polar surface area (TPSA) is 77.0 Å². The maximum absolute atomic E-state index is 11.5. The Morgan fingerprint density at radius 2 is 2.31 bits per heavy atom. The van der Waals surface area contributed by atoms with Crippen LogP contribution in [0.25, 0.3) is 11.0 Å². The molecule has 1 amide bonds. The van der Waals surface area contributed by atoms with Gasteiger partial charge in [-0.15, -0.1) is 0 Å². The van der Waals surface area contributed by atoms with Crippen LogP contribution >= 0.6 is 0 Å². The van der Waals surface area contributed by atoms with Crippen LogP contribution in [0.1, 0.15) is 17.3 Å². The molecule has 0 bridgehead atoms. The zero-order valence-electron chi connectivity index (χ0n) is 8.67. The van der Waals surface area contributed by atoms with Gasteiger partial charge in [-0.25, -0.2) is 20.4 Å². The normalized spacial score (nSPS) is 10.3. The molecule has 2 aromatic heterocycles. The van der Waals surface area contributed by atoms with Crippen molar-refractivity contribution in [3.63, 3.8) is 0 Å². The molecule has 0 saturated heterocycles. The summed E-state index contributed by atoms with van der Waals surface area (Å²) in [7, 11) is 0. The second-order valence-corrected chi connectivity index (χ2v) is 3.02. The van der Waals surface area contributed by atoms with Crippen LogP contribution in [-0.4, -0.2) is 27.5 Å². The minimum absolute atomic E-state index is 0.333. The molecule has 82 valence electrons. The van der Waals surface area contributed by atoms with Gasteiger partial charge in [-0.1, -0.05) is 0 Å². The first-order chi connectivity index (χ1) is 7.81. The second-order valence-electron chi connectivity index (χ2n) is 3.02. The summed E-state index contributed by atoms with van der Waals surface area (Å²) in [5.74, 6) is -0.333. The molecule has 0 fully saturated rings. The number of nitrogens with one attached hydrogen (secondary N) is 1. The highest BCUT2D eigenvalue weighted by atomic mass is 16.6. The van der Waals surface area contributed by atoms with Crippen molar-refractivity contribution in [1.82, 2.24) is 20.4 Å². The van der Waals surface area contributed by atoms with Gasteiger partial charge in [0.05, 0.1) is 12.2 Å². The number of carbonyl (C=O) groups excluding carboxylic acids is 1. The van der Waals surface area contributed by atoms with Gasteiger partial charge in [0, 0.05) is 17.8 Å². The van der Waals surface area contributed by atoms with Crippen molar-refractivity contribution >= 4 is 16.9 Å². The lowest BCUT2D eigenvalue weighted by Crippen LogP contribution is -2.23. The number of pyridine rings is 1. The standard InChI is InChI=1S/C10H10N4O2/c1-2-16-14-10(15)8-3-7-4-11-6-13-9(7)12-5-8/h3-6H,2H2,1H3,(H,14,15). The third-order valence-corrected chi connectivity index (χ3v) is 1.93. The average molecular weight is 218 g/mol. The summed E-state index contributed by atoms with van der Waals surface area (Å²) < 4.78 is 0. The van der Waals surface area contributed by atoms with Crippen molar-refractivity contribution < 1.29 is 9.63 Å². The fourth-order valence-electron chi connectivity index (χ4n) is 1.20. The van der Waals surface area contributed by atoms with Gasteiger partial charge >= 0.3 is 0 Å². The van der Waals surface area contributed by atoms with Gasteiger partial charge in [-0.05, 0) is 13.0 Å². The van der Waals surface area contributed by atoms with Gasteiger partial charge in [0.25, 0.3) is 5.91 Å². The molecule has 2 heterocycles. The molecule has 0 saturated carbocycles. The van der Waals surface area contributed by atoms with Gasteiger partial charge in [0.15, 0.2) is 5.65 Å². The van der Waals surface area contributed by atoms with E-state index in [0.29, 0.717) is 23.2 Å². The molecule has 0 radical (unpaired) electrons. The van der Waals surface area contributed by atoms with Crippen LogP contribution in [-0.2, 0) is 4.84 Å². The first-order valence-electron chi connectivity index (χ1n) is 4.79. The lowest BCUT2D eigenvalue weighted by atomic mass is 10.2. The minimum atomic E-state index is -0.333. The summed E-state index contributed by atoms with van der Waals surface area (Å²) in [6, 6.07) is 1.66. The van der Waals surface area contributed by atoms with Crippen LogP contribution < -0.4 is 5.48 Å². The summed E-state index contributed by atoms with van der Waals surface area (Å²) in [4.78, 5) is 28.2. The quantitative estimate of drug-likeness (QED) is 0.767. The second kappa shape index (κ2) is 4.63. The van der Waals surface area contributed by atoms with E-state index < -0.39 is 0 Å². The van der Waals surface area contributed by atoms with Crippen LogP contribution in [0, 0.1) is 0 Å². The number of nitrogens with zero attached hydrogens (tertiary/aromatic N) is 3. The summed E-state index contributed by atoms with van der Waals surface area (Å²) in [6.45, 7) is 2.20. The molecule has 0 aromatic carbocycles. The number of hydrogen-bond donors (Lipinski definition) is 1. The van der Waals surface area contributed by atoms with Crippen molar-refractivity contribution in [3.8, 4) is 0 Å². The van der Waals surface area contributed by atoms with Crippen molar-refractivity contribution in [2.24, 2.45) is 0 Å². The van der Waals surface area contributed by atoms with Gasteiger partial charge in [0.2, 0.25) is 0 Å². The van der Waals surface area contributed by atoms with Crippen LogP contribution in [0.15, 0.2) is 24.8 Å². The molecule has 6 heteroatoms. The van der Waals surface area contributed by atoms with Gasteiger partial charge in [0.1, 0.15) is 6.33 Å². The van der Waals surface area contributed by atoms with E-state index in [0.717, 1.165) is 0 Å². The molecule has 16 heavy (non-hydrogen) atoms. The van der Waals surface area contributed by atoms with Crippen LogP contribution in [0.3, 0.4) is 0 Å². The highest BCUT2D eigenvalue weighted by molar-refractivity contribution is 5.95. The number of fused-ring (bicyclic) bond motifs is 1. The van der Waals surface area contributed by atoms with E-state index in [9.17, 15) is 4.79 Å². The number of hydrogen-bond acceptors (Lipinski definition) is 5. The van der Waals surface area contributed by atoms with Crippen LogP contribution in [0.2, 0.25) is 0 Å². The lowest BCUT2D eigenvalue weighted by molar-refractivity contribution is 0.0364. The summed E-state index contributed by atoms with van der Waals surface area (Å²) in [5, 5.41) is 0.714. The Morgan fingerprint density at radius 3 is 3.12 bits per heavy atom. The van der Waals surface area contributed by atoms with Crippen molar-refractivity contribution in [3.05, 3.63) is 30.4 Å². The molecule has 0 spiro atoms. The largest absolute Gasteiger partial charge is 0.276 e. The summed E-state index contributed by atoms with van der Waals surface area (Å²) >= 11 is 0. The highest BCUT2D eigenvalue weighted by Gasteiger charge is 2.07. The van der Waals surface area contributed by atoms with Gasteiger partial charge in [-0.3, -0.25) is 9.63 Å². The molecule has 0 aliphatic rings. The molecule has 0 unspecified atom stereocenters. The molecule has 0 aliphatic carbocycles. The molecule has 0 aliphatic heterocycles. The Kier molecular flexibility index (Phi) is 3.02. The fourth-order valence-corrected chi connectivity index (χ4v) is 1.20. The maximum Gasteiger partial charge on any atom is 0.276 e. The van der Waals surface area contributed by atoms with E-state index in [4.69, 9.17) is 4.84 Å². The maximum atomic E-state index is 11.5. The van der Waals surface area contributed by atoms with E-state index in [1.54, 1.807) is 19.2 Å². The lowest BCUT2D eigenvalue weighted by Gasteiger charge is -2.03. The number of carbonyl (C=O) groups is 1. The Morgan fingerprint density at radius 1 is 1.44 bits per heavy atom. The zero-order chi connectivity index (χ0) is 11.4. The SMILES string of the molecule is CCONC(=O)c1cnc2ncncc2c1. The Balaban J connectivity index is 2.28. The average Bonchev–Trinajstić information content (AvgIpc) is 2.35. The molecule has 2 rings (SSSR count). The number of aromatic nitrogens is 3. The number of amides is 1. The molecular weight excluding hydrogens is 208 g/mol. The first-order valence-corrected chi connectivity index (χ1v) is 4.79. The van der Waals surface area contributed by atoms with Crippen LogP contribution in [0.5, 0.6) is 0 Å². The Hall–Kier alpha value is -2.08. The number of hydroxylamine groups is 1. The van der Waals surface area contributed by atoms with Crippen molar-refractivity contribution in [2.75, 3.05) is 6.61 Å². The zero-order valence-corrected chi connectivity index (χ0v) is 8.67. The third kappa shape index (κ3) is 2.12. The van der Waals surface area contributed by atoms with Gasteiger partial charge in [-0.2, -0.15) is 0 Å².